The van der Waals surface area contributed by atoms with Crippen molar-refractivity contribution in [3.05, 3.63) is 35.9 Å². The van der Waals surface area contributed by atoms with E-state index in [1.165, 1.54) is 0 Å². The topological polar surface area (TPSA) is 137 Å². The van der Waals surface area contributed by atoms with Crippen LogP contribution in [0.2, 0.25) is 0 Å². The lowest BCUT2D eigenvalue weighted by molar-refractivity contribution is 0.105. The van der Waals surface area contributed by atoms with E-state index in [-0.39, 0.29) is 12.8 Å². The summed E-state index contributed by atoms with van der Waals surface area (Å²) in [6.45, 7) is 0.683. The Morgan fingerprint density at radius 2 is 1.61 bits per heavy atom. The fourth-order valence-corrected chi connectivity index (χ4v) is 1.66. The number of nitrogens with one attached hydrogen (secondary N) is 2. The molecule has 0 radical (unpaired) electrons. The third-order valence-electron chi connectivity index (χ3n) is 2.72. The van der Waals surface area contributed by atoms with Crippen LogP contribution in [0.1, 0.15) is 5.56 Å². The molecule has 3 rings (SSSR count). The molecule has 0 fully saturated rings. The summed E-state index contributed by atoms with van der Waals surface area (Å²) < 4.78 is 5.38. The Morgan fingerprint density at radius 3 is 2.09 bits per heavy atom. The molecule has 10 nitrogen and oxygen atoms in total. The van der Waals surface area contributed by atoms with Gasteiger partial charge in [0.15, 0.2) is 12.3 Å². The maximum absolute atomic E-state index is 10.7. The van der Waals surface area contributed by atoms with Gasteiger partial charge in [-0.15, -0.1) is 0 Å². The van der Waals surface area contributed by atoms with Gasteiger partial charge < -0.3 is 20.5 Å². The van der Waals surface area contributed by atoms with E-state index in [2.05, 4.69) is 31.1 Å². The van der Waals surface area contributed by atoms with Crippen molar-refractivity contribution >= 4 is 12.1 Å². The van der Waals surface area contributed by atoms with Crippen LogP contribution in [0.5, 0.6) is 0 Å². The quantitative estimate of drug-likeness (QED) is 0.750. The monoisotopic (exact) mass is 320 g/mol. The van der Waals surface area contributed by atoms with Crippen molar-refractivity contribution in [3.8, 4) is 0 Å². The molecule has 0 aromatic heterocycles. The summed E-state index contributed by atoms with van der Waals surface area (Å²) in [5.41, 5.74) is 1.10. The van der Waals surface area contributed by atoms with Crippen molar-refractivity contribution in [2.45, 2.75) is 18.9 Å². The van der Waals surface area contributed by atoms with Gasteiger partial charge in [0.1, 0.15) is 0 Å². The van der Waals surface area contributed by atoms with E-state index < -0.39 is 18.2 Å². The standard InChI is InChI=1S/C10H11N3O2.C3H5N3O2/c14-10-11-9(12-13-10)7-15-6-8-4-2-1-3-5-8;7-1-2-4-3(8)6-5-2/h1-5,9H,6-7H2,(H,11,14);2,7H,1H2,(H,4,8). The number of ether oxygens (including phenoxy) is 1. The fraction of sp³-hybridized carbons (Fsp3) is 0.385. The van der Waals surface area contributed by atoms with Gasteiger partial charge >= 0.3 is 12.1 Å². The third-order valence-corrected chi connectivity index (χ3v) is 2.72. The van der Waals surface area contributed by atoms with Crippen molar-refractivity contribution in [2.24, 2.45) is 20.5 Å². The lowest BCUT2D eigenvalue weighted by Gasteiger charge is -2.07. The first-order valence-electron chi connectivity index (χ1n) is 6.82. The van der Waals surface area contributed by atoms with Crippen LogP contribution in [0, 0.1) is 0 Å². The maximum Gasteiger partial charge on any atom is 0.361 e. The molecule has 0 aliphatic carbocycles. The van der Waals surface area contributed by atoms with Gasteiger partial charge in [-0.25, -0.2) is 9.59 Å². The number of hydrogen-bond donors (Lipinski definition) is 3. The second-order valence-electron chi connectivity index (χ2n) is 4.54. The van der Waals surface area contributed by atoms with E-state index in [9.17, 15) is 9.59 Å². The highest BCUT2D eigenvalue weighted by atomic mass is 16.5. The molecule has 0 bridgehead atoms. The molecule has 1 aromatic rings. The maximum atomic E-state index is 10.7. The number of carbonyl (C=O) groups is 2. The molecule has 3 N–H and O–H groups in total. The summed E-state index contributed by atoms with van der Waals surface area (Å²) in [4.78, 5) is 20.8. The Kier molecular flexibility index (Phi) is 6.27. The van der Waals surface area contributed by atoms with Crippen LogP contribution in [0.25, 0.3) is 0 Å². The van der Waals surface area contributed by atoms with Gasteiger partial charge in [0.2, 0.25) is 0 Å². The molecule has 10 heteroatoms. The van der Waals surface area contributed by atoms with E-state index in [0.29, 0.717) is 13.2 Å². The number of hydrogen-bond acceptors (Lipinski definition) is 6. The highest BCUT2D eigenvalue weighted by Crippen LogP contribution is 2.03. The molecule has 0 saturated carbocycles. The first-order chi connectivity index (χ1) is 11.2. The number of azo groups is 2. The van der Waals surface area contributed by atoms with Gasteiger partial charge in [0.25, 0.3) is 0 Å². The van der Waals surface area contributed by atoms with E-state index in [1.807, 2.05) is 30.3 Å². The predicted octanol–water partition coefficient (Wildman–Crippen LogP) is 1.18. The zero-order chi connectivity index (χ0) is 16.5. The molecule has 2 unspecified atom stereocenters. The van der Waals surface area contributed by atoms with E-state index in [0.717, 1.165) is 5.56 Å². The van der Waals surface area contributed by atoms with Gasteiger partial charge in [0.05, 0.1) is 19.8 Å². The summed E-state index contributed by atoms with van der Waals surface area (Å²) in [6.07, 6.45) is -0.844. The number of amides is 4. The average Bonchev–Trinajstić information content (AvgIpc) is 3.17. The average molecular weight is 320 g/mol. The fourth-order valence-electron chi connectivity index (χ4n) is 1.66. The zero-order valence-electron chi connectivity index (χ0n) is 12.1. The first-order valence-corrected chi connectivity index (χ1v) is 6.82. The molecule has 2 atom stereocenters. The highest BCUT2D eigenvalue weighted by molar-refractivity contribution is 5.76. The Balaban J connectivity index is 0.000000203. The van der Waals surface area contributed by atoms with Crippen LogP contribution in [0.3, 0.4) is 0 Å². The molecule has 0 spiro atoms. The Hall–Kier alpha value is -2.72. The van der Waals surface area contributed by atoms with Gasteiger partial charge in [-0.3, -0.25) is 0 Å². The molecule has 2 heterocycles. The van der Waals surface area contributed by atoms with Crippen LogP contribution in [0.15, 0.2) is 50.8 Å². The third kappa shape index (κ3) is 5.88. The molecule has 0 saturated heterocycles. The van der Waals surface area contributed by atoms with Crippen molar-refractivity contribution < 1.29 is 19.4 Å². The van der Waals surface area contributed by atoms with Gasteiger partial charge in [-0.2, -0.15) is 10.2 Å². The van der Waals surface area contributed by atoms with Crippen molar-refractivity contribution in [1.82, 2.24) is 10.6 Å². The Labute approximate surface area is 131 Å². The molecule has 2 aliphatic rings. The predicted molar refractivity (Wildman–Crippen MR) is 77.5 cm³/mol. The molecule has 122 valence electrons. The summed E-state index contributed by atoms with van der Waals surface area (Å²) in [5.74, 6) is 0. The number of aliphatic hydroxyl groups excluding tert-OH is 1. The number of rotatable bonds is 5. The van der Waals surface area contributed by atoms with E-state index >= 15 is 0 Å². The van der Waals surface area contributed by atoms with Gasteiger partial charge in [-0.1, -0.05) is 40.6 Å². The van der Waals surface area contributed by atoms with Crippen molar-refractivity contribution in [1.29, 1.82) is 0 Å². The van der Waals surface area contributed by atoms with Crippen LogP contribution >= 0.6 is 0 Å². The summed E-state index contributed by atoms with van der Waals surface area (Å²) in [7, 11) is 0. The second kappa shape index (κ2) is 8.66. The largest absolute Gasteiger partial charge is 0.392 e. The van der Waals surface area contributed by atoms with Gasteiger partial charge in [-0.05, 0) is 5.56 Å². The number of urea groups is 2. The lowest BCUT2D eigenvalue weighted by Crippen LogP contribution is -2.29. The molecule has 2 aliphatic heterocycles. The first kappa shape index (κ1) is 16.6. The smallest absolute Gasteiger partial charge is 0.361 e. The van der Waals surface area contributed by atoms with Crippen molar-refractivity contribution in [3.63, 3.8) is 0 Å². The number of aliphatic hydroxyl groups is 1. The summed E-state index contributed by atoms with van der Waals surface area (Å²) in [6, 6.07) is 8.94. The minimum Gasteiger partial charge on any atom is -0.392 e. The molecule has 4 amide bonds. The minimum atomic E-state index is -0.512. The lowest BCUT2D eigenvalue weighted by atomic mass is 10.2. The second-order valence-corrected chi connectivity index (χ2v) is 4.54. The number of nitrogens with zero attached hydrogens (tertiary/aromatic N) is 4. The highest BCUT2D eigenvalue weighted by Gasteiger charge is 2.17. The number of carbonyl (C=O) groups excluding carboxylic acids is 2. The number of benzene rings is 1. The summed E-state index contributed by atoms with van der Waals surface area (Å²) >= 11 is 0. The van der Waals surface area contributed by atoms with E-state index in [1.54, 1.807) is 0 Å². The van der Waals surface area contributed by atoms with Crippen LogP contribution in [-0.2, 0) is 11.3 Å². The molecular formula is C13H16N6O4. The normalized spacial score (nSPS) is 21.6. The summed E-state index contributed by atoms with van der Waals surface area (Å²) in [5, 5.41) is 26.6. The Morgan fingerprint density at radius 1 is 1.00 bits per heavy atom. The Bertz CT molecular complexity index is 591. The van der Waals surface area contributed by atoms with Crippen molar-refractivity contribution in [2.75, 3.05) is 13.2 Å². The van der Waals surface area contributed by atoms with Crippen LogP contribution < -0.4 is 10.6 Å². The zero-order valence-corrected chi connectivity index (χ0v) is 12.1. The SMILES string of the molecule is O=C1N=NC(CO)N1.O=C1N=NC(COCc2ccccc2)N1. The van der Waals surface area contributed by atoms with Gasteiger partial charge in [0, 0.05) is 0 Å². The molecular weight excluding hydrogens is 304 g/mol. The van der Waals surface area contributed by atoms with Crippen LogP contribution in [0.4, 0.5) is 9.59 Å². The molecule has 23 heavy (non-hydrogen) atoms. The minimum absolute atomic E-state index is 0.185. The van der Waals surface area contributed by atoms with E-state index in [4.69, 9.17) is 9.84 Å². The van der Waals surface area contributed by atoms with Crippen LogP contribution in [-0.4, -0.2) is 42.7 Å². The molecule has 1 aromatic carbocycles.